The Morgan fingerprint density at radius 3 is 2.50 bits per heavy atom. The number of imide groups is 1. The zero-order valence-electron chi connectivity index (χ0n) is 19.0. The van der Waals surface area contributed by atoms with E-state index >= 15 is 0 Å². The van der Waals surface area contributed by atoms with Crippen molar-refractivity contribution in [1.29, 1.82) is 0 Å². The summed E-state index contributed by atoms with van der Waals surface area (Å²) in [6, 6.07) is 21.7. The largest absolute Gasteiger partial charge is 0.361 e. The van der Waals surface area contributed by atoms with E-state index in [1.165, 1.54) is 4.90 Å². The summed E-state index contributed by atoms with van der Waals surface area (Å²) in [5.41, 5.74) is 2.22. The fourth-order valence-electron chi connectivity index (χ4n) is 6.34. The number of para-hydroxylation sites is 3. The second kappa shape index (κ2) is 7.53. The Balaban J connectivity index is 1.39. The summed E-state index contributed by atoms with van der Waals surface area (Å²) < 4.78 is 0. The smallest absolute Gasteiger partial charge is 0.250 e. The monoisotopic (exact) mass is 496 g/mol. The number of benzene rings is 3. The van der Waals surface area contributed by atoms with Crippen LogP contribution >= 0.6 is 11.6 Å². The number of halogens is 1. The molecule has 3 aliphatic rings. The molecule has 0 radical (unpaired) electrons. The van der Waals surface area contributed by atoms with Gasteiger partial charge in [-0.1, -0.05) is 60.1 Å². The predicted octanol–water partition coefficient (Wildman–Crippen LogP) is 3.99. The SMILES string of the molecule is O=C1[C@@H]2C(Cc3c[nH]c4ccccc34)NC3(C(=O)Nc4c(Cl)cccc43)[C@@H]2C(=O)N1c1ccccc1. The zero-order chi connectivity index (χ0) is 24.6. The van der Waals surface area contributed by atoms with E-state index in [1.807, 2.05) is 36.5 Å². The highest BCUT2D eigenvalue weighted by Crippen LogP contribution is 2.55. The lowest BCUT2D eigenvalue weighted by molar-refractivity contribution is -0.130. The van der Waals surface area contributed by atoms with E-state index in [0.717, 1.165) is 16.5 Å². The molecule has 3 N–H and O–H groups in total. The number of fused-ring (bicyclic) bond motifs is 5. The average Bonchev–Trinajstić information content (AvgIpc) is 3.60. The van der Waals surface area contributed by atoms with Gasteiger partial charge in [0.1, 0.15) is 5.54 Å². The number of amides is 3. The van der Waals surface area contributed by atoms with Gasteiger partial charge >= 0.3 is 0 Å². The summed E-state index contributed by atoms with van der Waals surface area (Å²) >= 11 is 6.44. The molecule has 7 nitrogen and oxygen atoms in total. The third kappa shape index (κ3) is 2.69. The van der Waals surface area contributed by atoms with E-state index in [4.69, 9.17) is 11.6 Å². The van der Waals surface area contributed by atoms with Crippen molar-refractivity contribution in [3.8, 4) is 0 Å². The van der Waals surface area contributed by atoms with Crippen LogP contribution in [0.25, 0.3) is 10.9 Å². The van der Waals surface area contributed by atoms with Crippen LogP contribution in [0.5, 0.6) is 0 Å². The first-order valence-electron chi connectivity index (χ1n) is 11.9. The third-order valence-electron chi connectivity index (χ3n) is 7.83. The van der Waals surface area contributed by atoms with E-state index in [2.05, 4.69) is 15.6 Å². The van der Waals surface area contributed by atoms with Crippen LogP contribution in [-0.2, 0) is 26.3 Å². The van der Waals surface area contributed by atoms with Gasteiger partial charge in [-0.3, -0.25) is 19.7 Å². The number of anilines is 2. The van der Waals surface area contributed by atoms with Gasteiger partial charge in [-0.2, -0.15) is 0 Å². The second-order valence-electron chi connectivity index (χ2n) is 9.59. The lowest BCUT2D eigenvalue weighted by Gasteiger charge is -2.29. The molecule has 2 saturated heterocycles. The van der Waals surface area contributed by atoms with Gasteiger partial charge in [-0.05, 0) is 36.2 Å². The molecule has 0 saturated carbocycles. The molecule has 4 aromatic rings. The Labute approximate surface area is 211 Å². The van der Waals surface area contributed by atoms with Crippen molar-refractivity contribution in [2.24, 2.45) is 11.8 Å². The van der Waals surface area contributed by atoms with E-state index in [0.29, 0.717) is 28.4 Å². The summed E-state index contributed by atoms with van der Waals surface area (Å²) in [4.78, 5) is 46.1. The summed E-state index contributed by atoms with van der Waals surface area (Å²) in [7, 11) is 0. The number of carbonyl (C=O) groups excluding carboxylic acids is 3. The molecule has 0 aliphatic carbocycles. The first-order valence-corrected chi connectivity index (χ1v) is 12.2. The summed E-state index contributed by atoms with van der Waals surface area (Å²) in [5, 5.41) is 7.82. The lowest BCUT2D eigenvalue weighted by Crippen LogP contribution is -2.53. The highest BCUT2D eigenvalue weighted by atomic mass is 35.5. The standard InChI is InChI=1S/C28H21ClN4O3/c29-19-11-6-10-18-24(19)31-27(36)28(18)23-22(25(34)33(26(23)35)16-7-2-1-3-8-16)21(32-28)13-15-14-30-20-12-5-4-9-17(15)20/h1-12,14,21-23,30,32H,13H2,(H,31,36)/t21?,22-,23+,28?/m1/s1. The minimum Gasteiger partial charge on any atom is -0.361 e. The number of hydrogen-bond donors (Lipinski definition) is 3. The number of carbonyl (C=O) groups is 3. The van der Waals surface area contributed by atoms with Gasteiger partial charge in [-0.25, -0.2) is 4.90 Å². The van der Waals surface area contributed by atoms with Gasteiger partial charge in [0.15, 0.2) is 0 Å². The molecule has 2 unspecified atom stereocenters. The van der Waals surface area contributed by atoms with Crippen LogP contribution in [0, 0.1) is 11.8 Å². The van der Waals surface area contributed by atoms with Gasteiger partial charge in [0, 0.05) is 28.7 Å². The van der Waals surface area contributed by atoms with Crippen molar-refractivity contribution in [3.63, 3.8) is 0 Å². The van der Waals surface area contributed by atoms with Gasteiger partial charge in [-0.15, -0.1) is 0 Å². The Morgan fingerprint density at radius 2 is 1.67 bits per heavy atom. The topological polar surface area (TPSA) is 94.3 Å². The van der Waals surface area contributed by atoms with Crippen molar-refractivity contribution >= 4 is 51.6 Å². The maximum atomic E-state index is 14.0. The van der Waals surface area contributed by atoms with Crippen LogP contribution < -0.4 is 15.5 Å². The van der Waals surface area contributed by atoms with Crippen LogP contribution in [-0.4, -0.2) is 28.7 Å². The molecule has 0 bridgehead atoms. The van der Waals surface area contributed by atoms with Crippen LogP contribution in [0.15, 0.2) is 79.0 Å². The third-order valence-corrected chi connectivity index (χ3v) is 8.14. The van der Waals surface area contributed by atoms with E-state index in [9.17, 15) is 14.4 Å². The second-order valence-corrected chi connectivity index (χ2v) is 10.00. The van der Waals surface area contributed by atoms with Crippen LogP contribution in [0.3, 0.4) is 0 Å². The van der Waals surface area contributed by atoms with E-state index in [1.54, 1.807) is 42.5 Å². The summed E-state index contributed by atoms with van der Waals surface area (Å²) in [6.45, 7) is 0. The number of aromatic nitrogens is 1. The maximum Gasteiger partial charge on any atom is 0.250 e. The Morgan fingerprint density at radius 1 is 0.889 bits per heavy atom. The average molecular weight is 497 g/mol. The van der Waals surface area contributed by atoms with Crippen molar-refractivity contribution in [3.05, 3.63) is 95.1 Å². The van der Waals surface area contributed by atoms with Gasteiger partial charge < -0.3 is 10.3 Å². The van der Waals surface area contributed by atoms with E-state index in [-0.39, 0.29) is 17.7 Å². The highest BCUT2D eigenvalue weighted by Gasteiger charge is 2.70. The number of hydrogen-bond acceptors (Lipinski definition) is 4. The number of rotatable bonds is 3. The molecule has 4 atom stereocenters. The van der Waals surface area contributed by atoms with Crippen LogP contribution in [0.2, 0.25) is 5.02 Å². The molecule has 7 rings (SSSR count). The number of nitrogens with one attached hydrogen (secondary N) is 3. The Hall–Kier alpha value is -3.94. The van der Waals surface area contributed by atoms with Gasteiger partial charge in [0.2, 0.25) is 17.7 Å². The van der Waals surface area contributed by atoms with Crippen LogP contribution in [0.4, 0.5) is 11.4 Å². The molecule has 3 aromatic carbocycles. The van der Waals surface area contributed by atoms with Crippen molar-refractivity contribution in [2.45, 2.75) is 18.0 Å². The normalized spacial score (nSPS) is 26.6. The van der Waals surface area contributed by atoms with E-state index < -0.39 is 23.4 Å². The molecule has 8 heteroatoms. The molecule has 1 aromatic heterocycles. The van der Waals surface area contributed by atoms with Gasteiger partial charge in [0.05, 0.1) is 28.2 Å². The Bertz CT molecular complexity index is 1580. The molecule has 2 fully saturated rings. The lowest BCUT2D eigenvalue weighted by atomic mass is 9.76. The quantitative estimate of drug-likeness (QED) is 0.374. The number of aromatic amines is 1. The fraction of sp³-hybridized carbons (Fsp3) is 0.179. The molecule has 36 heavy (non-hydrogen) atoms. The molecule has 1 spiro atoms. The predicted molar refractivity (Wildman–Crippen MR) is 137 cm³/mol. The molecular formula is C28H21ClN4O3. The van der Waals surface area contributed by atoms with Crippen LogP contribution in [0.1, 0.15) is 11.1 Å². The Kier molecular flexibility index (Phi) is 4.46. The number of nitrogens with zero attached hydrogens (tertiary/aromatic N) is 1. The first kappa shape index (κ1) is 21.4. The zero-order valence-corrected chi connectivity index (χ0v) is 19.8. The van der Waals surface area contributed by atoms with Crippen molar-refractivity contribution in [2.75, 3.05) is 10.2 Å². The minimum atomic E-state index is -1.39. The molecule has 3 amide bonds. The summed E-state index contributed by atoms with van der Waals surface area (Å²) in [6.07, 6.45) is 2.40. The minimum absolute atomic E-state index is 0.298. The molecule has 3 aliphatic heterocycles. The van der Waals surface area contributed by atoms with Crippen molar-refractivity contribution < 1.29 is 14.4 Å². The first-order chi connectivity index (χ1) is 17.5. The number of H-pyrrole nitrogens is 1. The molecule has 4 heterocycles. The molecule has 178 valence electrons. The summed E-state index contributed by atoms with van der Waals surface area (Å²) in [5.74, 6) is -2.66. The van der Waals surface area contributed by atoms with Gasteiger partial charge in [0.25, 0.3) is 0 Å². The molecular weight excluding hydrogens is 476 g/mol. The maximum absolute atomic E-state index is 14.0. The van der Waals surface area contributed by atoms with Crippen molar-refractivity contribution in [1.82, 2.24) is 10.3 Å². The fourth-order valence-corrected chi connectivity index (χ4v) is 6.56. The highest BCUT2D eigenvalue weighted by molar-refractivity contribution is 6.35.